The lowest BCUT2D eigenvalue weighted by Gasteiger charge is -2.02. The molecule has 0 bridgehead atoms. The molecule has 0 atom stereocenters. The monoisotopic (exact) mass is 206 g/mol. The number of carbonyl (C=O) groups excluding carboxylic acids is 1. The first-order valence-corrected chi connectivity index (χ1v) is 4.61. The highest BCUT2D eigenvalue weighted by Gasteiger charge is 1.99. The number of hydrogen-bond donors (Lipinski definition) is 2. The van der Waals surface area contributed by atoms with Crippen molar-refractivity contribution in [2.24, 2.45) is 5.73 Å². The summed E-state index contributed by atoms with van der Waals surface area (Å²) >= 11 is 6.51. The normalized spacial score (nSPS) is 11.0. The number of amides is 1. The van der Waals surface area contributed by atoms with Crippen molar-refractivity contribution in [2.75, 3.05) is 5.88 Å². The van der Waals surface area contributed by atoms with E-state index < -0.39 is 0 Å². The molecular weight excluding hydrogens is 196 g/mol. The molecule has 68 valence electrons. The summed E-state index contributed by atoms with van der Waals surface area (Å²) in [5.41, 5.74) is 6.03. The molecule has 0 saturated heterocycles. The second-order valence-corrected chi connectivity index (χ2v) is 3.32. The van der Waals surface area contributed by atoms with Crippen molar-refractivity contribution in [3.05, 3.63) is 22.7 Å². The number of nitrogens with two attached hydrogens (primary N) is 1. The molecule has 0 aliphatic rings. The zero-order valence-electron chi connectivity index (χ0n) is 6.76. The molecule has 0 aromatic carbocycles. The van der Waals surface area contributed by atoms with Gasteiger partial charge in [-0.3, -0.25) is 4.79 Å². The van der Waals surface area contributed by atoms with E-state index in [0.717, 1.165) is 0 Å². The van der Waals surface area contributed by atoms with E-state index >= 15 is 0 Å². The number of carbonyl (C=O) groups is 1. The van der Waals surface area contributed by atoms with Gasteiger partial charge in [0.05, 0.1) is 5.03 Å². The summed E-state index contributed by atoms with van der Waals surface area (Å²) in [6.07, 6.45) is 0. The quantitative estimate of drug-likeness (QED) is 0.684. The van der Waals surface area contributed by atoms with E-state index in [1.165, 1.54) is 11.8 Å². The minimum absolute atomic E-state index is 0.0646. The lowest BCUT2D eigenvalue weighted by atomic mass is 10.6. The Bertz CT molecular complexity index is 211. The zero-order valence-corrected chi connectivity index (χ0v) is 8.34. The van der Waals surface area contributed by atoms with Gasteiger partial charge in [0, 0.05) is 5.70 Å². The second kappa shape index (κ2) is 5.97. The fourth-order valence-electron chi connectivity index (χ4n) is 0.382. The molecular formula is C7H11ClN2OS. The van der Waals surface area contributed by atoms with Crippen molar-refractivity contribution in [3.8, 4) is 0 Å². The molecule has 0 aromatic rings. The number of thioether (sulfide) groups is 1. The van der Waals surface area contributed by atoms with E-state index in [1.54, 1.807) is 12.3 Å². The van der Waals surface area contributed by atoms with Gasteiger partial charge < -0.3 is 11.1 Å². The molecule has 0 fully saturated rings. The van der Waals surface area contributed by atoms with Crippen LogP contribution in [-0.2, 0) is 4.79 Å². The van der Waals surface area contributed by atoms with E-state index in [0.29, 0.717) is 10.7 Å². The molecule has 1 amide bonds. The number of halogens is 1. The van der Waals surface area contributed by atoms with Gasteiger partial charge in [-0.2, -0.15) is 0 Å². The fourth-order valence-corrected chi connectivity index (χ4v) is 0.950. The first-order chi connectivity index (χ1) is 5.56. The molecule has 0 aliphatic heterocycles. The lowest BCUT2D eigenvalue weighted by Crippen LogP contribution is -2.21. The van der Waals surface area contributed by atoms with Crippen molar-refractivity contribution in [1.82, 2.24) is 5.32 Å². The maximum atomic E-state index is 10.7. The summed E-state index contributed by atoms with van der Waals surface area (Å²) in [6.45, 7) is 5.34. The third-order valence-corrected chi connectivity index (χ3v) is 1.91. The van der Waals surface area contributed by atoms with Crippen LogP contribution in [0, 0.1) is 0 Å². The summed E-state index contributed by atoms with van der Waals surface area (Å²) < 4.78 is 0. The summed E-state index contributed by atoms with van der Waals surface area (Å²) in [5, 5.41) is 4.69. The highest BCUT2D eigenvalue weighted by molar-refractivity contribution is 8.05. The van der Waals surface area contributed by atoms with Crippen LogP contribution in [0.25, 0.3) is 0 Å². The van der Waals surface area contributed by atoms with Crippen LogP contribution >= 0.6 is 23.4 Å². The SMILES string of the molecule is C=C(NC(=O)CCl)S/C=C(/C)N. The molecule has 0 rings (SSSR count). The topological polar surface area (TPSA) is 55.1 Å². The fraction of sp³-hybridized carbons (Fsp3) is 0.286. The number of hydrogen-bond acceptors (Lipinski definition) is 3. The molecule has 0 aliphatic carbocycles. The number of rotatable bonds is 4. The maximum Gasteiger partial charge on any atom is 0.239 e. The summed E-state index contributed by atoms with van der Waals surface area (Å²) in [5.74, 6) is -0.331. The second-order valence-electron chi connectivity index (χ2n) is 2.08. The Balaban J connectivity index is 3.75. The average Bonchev–Trinajstić information content (AvgIpc) is 2.00. The molecule has 3 N–H and O–H groups in total. The van der Waals surface area contributed by atoms with Gasteiger partial charge in [0.2, 0.25) is 5.91 Å². The summed E-state index contributed by atoms with van der Waals surface area (Å²) in [7, 11) is 0. The largest absolute Gasteiger partial charge is 0.402 e. The van der Waals surface area contributed by atoms with Gasteiger partial charge in [-0.1, -0.05) is 18.3 Å². The van der Waals surface area contributed by atoms with Crippen molar-refractivity contribution < 1.29 is 4.79 Å². The van der Waals surface area contributed by atoms with E-state index in [2.05, 4.69) is 11.9 Å². The van der Waals surface area contributed by atoms with E-state index in [9.17, 15) is 4.79 Å². The van der Waals surface area contributed by atoms with Gasteiger partial charge in [-0.25, -0.2) is 0 Å². The van der Waals surface area contributed by atoms with Crippen LogP contribution in [0.5, 0.6) is 0 Å². The van der Waals surface area contributed by atoms with Gasteiger partial charge in [-0.15, -0.1) is 11.6 Å². The van der Waals surface area contributed by atoms with E-state index in [-0.39, 0.29) is 11.8 Å². The first kappa shape index (κ1) is 11.4. The number of allylic oxidation sites excluding steroid dienone is 1. The van der Waals surface area contributed by atoms with Crippen molar-refractivity contribution in [3.63, 3.8) is 0 Å². The molecule has 5 heteroatoms. The number of nitrogens with one attached hydrogen (secondary N) is 1. The molecule has 0 unspecified atom stereocenters. The summed E-state index contributed by atoms with van der Waals surface area (Å²) in [4.78, 5) is 10.7. The molecule has 3 nitrogen and oxygen atoms in total. The smallest absolute Gasteiger partial charge is 0.239 e. The van der Waals surface area contributed by atoms with Crippen LogP contribution in [0.3, 0.4) is 0 Å². The van der Waals surface area contributed by atoms with Crippen molar-refractivity contribution >= 4 is 29.3 Å². The van der Waals surface area contributed by atoms with Crippen LogP contribution in [0.15, 0.2) is 22.7 Å². The maximum absolute atomic E-state index is 10.7. The highest BCUT2D eigenvalue weighted by atomic mass is 35.5. The Morgan fingerprint density at radius 2 is 2.42 bits per heavy atom. The van der Waals surface area contributed by atoms with Crippen molar-refractivity contribution in [2.45, 2.75) is 6.92 Å². The molecule has 0 saturated carbocycles. The van der Waals surface area contributed by atoms with Gasteiger partial charge in [0.25, 0.3) is 0 Å². The van der Waals surface area contributed by atoms with Gasteiger partial charge in [-0.05, 0) is 12.3 Å². The minimum Gasteiger partial charge on any atom is -0.402 e. The van der Waals surface area contributed by atoms with E-state index in [1.807, 2.05) is 0 Å². The van der Waals surface area contributed by atoms with Gasteiger partial charge >= 0.3 is 0 Å². The van der Waals surface area contributed by atoms with Crippen LogP contribution in [0.2, 0.25) is 0 Å². The highest BCUT2D eigenvalue weighted by Crippen LogP contribution is 2.12. The van der Waals surface area contributed by atoms with E-state index in [4.69, 9.17) is 17.3 Å². The Morgan fingerprint density at radius 1 is 1.83 bits per heavy atom. The Morgan fingerprint density at radius 3 is 2.83 bits per heavy atom. The third-order valence-electron chi connectivity index (χ3n) is 0.787. The Kier molecular flexibility index (Phi) is 5.66. The molecule has 0 aromatic heterocycles. The predicted molar refractivity (Wildman–Crippen MR) is 53.5 cm³/mol. The van der Waals surface area contributed by atoms with Crippen molar-refractivity contribution in [1.29, 1.82) is 0 Å². The Hall–Kier alpha value is -0.610. The molecule has 0 radical (unpaired) electrons. The third kappa shape index (κ3) is 6.12. The number of alkyl halides is 1. The van der Waals surface area contributed by atoms with Crippen LogP contribution < -0.4 is 11.1 Å². The first-order valence-electron chi connectivity index (χ1n) is 3.20. The molecule has 0 heterocycles. The lowest BCUT2D eigenvalue weighted by molar-refractivity contribution is -0.117. The van der Waals surface area contributed by atoms with Gasteiger partial charge in [0.1, 0.15) is 5.88 Å². The Labute approximate surface area is 81.0 Å². The molecule has 12 heavy (non-hydrogen) atoms. The average molecular weight is 207 g/mol. The zero-order chi connectivity index (χ0) is 9.56. The molecule has 0 spiro atoms. The van der Waals surface area contributed by atoms with Crippen LogP contribution in [0.1, 0.15) is 6.92 Å². The summed E-state index contributed by atoms with van der Waals surface area (Å²) in [6, 6.07) is 0. The minimum atomic E-state index is -0.266. The van der Waals surface area contributed by atoms with Gasteiger partial charge in [0.15, 0.2) is 0 Å². The standard InChI is InChI=1S/C7H11ClN2OS/c1-5(9)4-12-6(2)10-7(11)3-8/h4H,2-3,9H2,1H3,(H,10,11)/b5-4-. The predicted octanol–water partition coefficient (Wildman–Crippen LogP) is 1.37. The van der Waals surface area contributed by atoms with Crippen LogP contribution in [-0.4, -0.2) is 11.8 Å². The van der Waals surface area contributed by atoms with Crippen LogP contribution in [0.4, 0.5) is 0 Å².